The summed E-state index contributed by atoms with van der Waals surface area (Å²) in [6, 6.07) is 5.01. The molecule has 0 atom stereocenters. The third kappa shape index (κ3) is 3.23. The highest BCUT2D eigenvalue weighted by Crippen LogP contribution is 2.34. The van der Waals surface area contributed by atoms with Gasteiger partial charge in [0.25, 0.3) is 11.5 Å². The van der Waals surface area contributed by atoms with Crippen molar-refractivity contribution >= 4 is 27.5 Å². The summed E-state index contributed by atoms with van der Waals surface area (Å²) in [7, 11) is 0. The number of aryl methyl sites for hydroxylation is 2. The highest BCUT2D eigenvalue weighted by Gasteiger charge is 2.33. The maximum absolute atomic E-state index is 13.0. The number of carbonyl (C=O) groups is 1. The first-order chi connectivity index (χ1) is 12.8. The van der Waals surface area contributed by atoms with Gasteiger partial charge in [-0.15, -0.1) is 11.3 Å². The van der Waals surface area contributed by atoms with Crippen molar-refractivity contribution in [1.29, 1.82) is 0 Å². The number of fused-ring (bicyclic) bond motifs is 3. The van der Waals surface area contributed by atoms with E-state index in [2.05, 4.69) is 15.3 Å². The maximum atomic E-state index is 13.0. The zero-order valence-electron chi connectivity index (χ0n) is 13.9. The molecule has 0 fully saturated rings. The van der Waals surface area contributed by atoms with E-state index in [4.69, 9.17) is 0 Å². The van der Waals surface area contributed by atoms with Crippen molar-refractivity contribution in [3.8, 4) is 0 Å². The van der Waals surface area contributed by atoms with Crippen LogP contribution in [0, 0.1) is 0 Å². The number of rotatable bonds is 3. The zero-order chi connectivity index (χ0) is 19.2. The molecule has 9 heteroatoms. The highest BCUT2D eigenvalue weighted by atomic mass is 32.1. The van der Waals surface area contributed by atoms with Gasteiger partial charge >= 0.3 is 6.18 Å². The van der Waals surface area contributed by atoms with Crippen molar-refractivity contribution in [1.82, 2.24) is 15.3 Å². The van der Waals surface area contributed by atoms with Crippen molar-refractivity contribution in [3.63, 3.8) is 0 Å². The van der Waals surface area contributed by atoms with Crippen LogP contribution >= 0.6 is 11.3 Å². The Morgan fingerprint density at radius 3 is 2.81 bits per heavy atom. The molecule has 0 spiro atoms. The van der Waals surface area contributed by atoms with Gasteiger partial charge in [0.1, 0.15) is 4.83 Å². The molecule has 1 amide bonds. The molecule has 0 aliphatic heterocycles. The number of carbonyl (C=O) groups excluding carboxylic acids is 1. The summed E-state index contributed by atoms with van der Waals surface area (Å²) in [4.78, 5) is 33.0. The minimum absolute atomic E-state index is 0.0584. The molecule has 0 saturated carbocycles. The Morgan fingerprint density at radius 1 is 1.26 bits per heavy atom. The lowest BCUT2D eigenvalue weighted by molar-refractivity contribution is -0.138. The van der Waals surface area contributed by atoms with Crippen LogP contribution in [0.4, 0.5) is 13.2 Å². The first-order valence-corrected chi connectivity index (χ1v) is 9.14. The first kappa shape index (κ1) is 17.7. The summed E-state index contributed by atoms with van der Waals surface area (Å²) >= 11 is 1.39. The Balaban J connectivity index is 1.59. The Bertz CT molecular complexity index is 1100. The quantitative estimate of drug-likeness (QED) is 0.716. The molecule has 1 aliphatic rings. The monoisotopic (exact) mass is 393 g/mol. The number of amides is 1. The lowest BCUT2D eigenvalue weighted by Gasteiger charge is -2.13. The predicted molar refractivity (Wildman–Crippen MR) is 94.9 cm³/mol. The molecule has 0 radical (unpaired) electrons. The molecule has 1 aromatic carbocycles. The molecule has 140 valence electrons. The molecule has 0 unspecified atom stereocenters. The molecule has 27 heavy (non-hydrogen) atoms. The van der Waals surface area contributed by atoms with E-state index in [1.807, 2.05) is 0 Å². The average Bonchev–Trinajstić information content (AvgIpc) is 3.19. The van der Waals surface area contributed by atoms with Gasteiger partial charge in [-0.05, 0) is 36.5 Å². The van der Waals surface area contributed by atoms with Gasteiger partial charge < -0.3 is 10.3 Å². The van der Waals surface area contributed by atoms with Crippen LogP contribution in [0.3, 0.4) is 0 Å². The Labute approximate surface area is 155 Å². The van der Waals surface area contributed by atoms with Gasteiger partial charge in [-0.25, -0.2) is 4.98 Å². The van der Waals surface area contributed by atoms with E-state index in [0.717, 1.165) is 35.8 Å². The van der Waals surface area contributed by atoms with E-state index in [-0.39, 0.29) is 23.5 Å². The second kappa shape index (κ2) is 6.49. The number of hydrogen-bond donors (Lipinski definition) is 2. The summed E-state index contributed by atoms with van der Waals surface area (Å²) in [5.41, 5.74) is -0.260. The summed E-state index contributed by atoms with van der Waals surface area (Å²) in [5, 5.41) is 2.92. The number of nitrogens with zero attached hydrogens (tertiary/aromatic N) is 1. The van der Waals surface area contributed by atoms with Gasteiger partial charge in [-0.3, -0.25) is 9.59 Å². The van der Waals surface area contributed by atoms with Gasteiger partial charge in [-0.1, -0.05) is 18.2 Å². The van der Waals surface area contributed by atoms with Crippen LogP contribution in [0.5, 0.6) is 0 Å². The SMILES string of the molecule is O=C(NCc1ccccc1C(F)(F)F)c1nc2sc3c(c2c(=O)[nH]1)CCC3. The summed E-state index contributed by atoms with van der Waals surface area (Å²) in [6.07, 6.45) is -1.80. The summed E-state index contributed by atoms with van der Waals surface area (Å²) < 4.78 is 39.1. The molecular weight excluding hydrogens is 379 g/mol. The van der Waals surface area contributed by atoms with Gasteiger partial charge in [0.05, 0.1) is 10.9 Å². The van der Waals surface area contributed by atoms with E-state index in [1.54, 1.807) is 0 Å². The minimum Gasteiger partial charge on any atom is -0.345 e. The van der Waals surface area contributed by atoms with Gasteiger partial charge in [0.15, 0.2) is 0 Å². The molecule has 0 saturated heterocycles. The van der Waals surface area contributed by atoms with Crippen molar-refractivity contribution in [2.45, 2.75) is 32.0 Å². The fourth-order valence-electron chi connectivity index (χ4n) is 3.32. The normalized spacial score (nSPS) is 13.7. The Morgan fingerprint density at radius 2 is 2.04 bits per heavy atom. The molecule has 1 aliphatic carbocycles. The number of H-pyrrole nitrogens is 1. The third-order valence-electron chi connectivity index (χ3n) is 4.55. The van der Waals surface area contributed by atoms with Crippen LogP contribution in [0.25, 0.3) is 10.2 Å². The zero-order valence-corrected chi connectivity index (χ0v) is 14.8. The van der Waals surface area contributed by atoms with Crippen LogP contribution in [0.1, 0.15) is 38.6 Å². The number of aromatic nitrogens is 2. The molecular formula is C18H14F3N3O2S. The number of benzene rings is 1. The van der Waals surface area contributed by atoms with Crippen molar-refractivity contribution < 1.29 is 18.0 Å². The minimum atomic E-state index is -4.51. The lowest BCUT2D eigenvalue weighted by Crippen LogP contribution is -2.28. The number of halogens is 3. The maximum Gasteiger partial charge on any atom is 0.416 e. The molecule has 2 heterocycles. The largest absolute Gasteiger partial charge is 0.416 e. The van der Waals surface area contributed by atoms with Crippen LogP contribution in [0.15, 0.2) is 29.1 Å². The second-order valence-electron chi connectivity index (χ2n) is 6.29. The lowest BCUT2D eigenvalue weighted by atomic mass is 10.1. The number of alkyl halides is 3. The average molecular weight is 393 g/mol. The van der Waals surface area contributed by atoms with Gasteiger partial charge in [0.2, 0.25) is 5.82 Å². The molecule has 4 rings (SSSR count). The number of nitrogens with one attached hydrogen (secondary N) is 2. The fourth-order valence-corrected chi connectivity index (χ4v) is 4.58. The first-order valence-electron chi connectivity index (χ1n) is 8.32. The molecule has 0 bridgehead atoms. The molecule has 5 nitrogen and oxygen atoms in total. The summed E-state index contributed by atoms with van der Waals surface area (Å²) in [5.74, 6) is -0.920. The number of hydrogen-bond acceptors (Lipinski definition) is 4. The summed E-state index contributed by atoms with van der Waals surface area (Å²) in [6.45, 7) is -0.322. The van der Waals surface area contributed by atoms with Crippen molar-refractivity contribution in [2.24, 2.45) is 0 Å². The van der Waals surface area contributed by atoms with Gasteiger partial charge in [-0.2, -0.15) is 13.2 Å². The van der Waals surface area contributed by atoms with Crippen molar-refractivity contribution in [2.75, 3.05) is 0 Å². The topological polar surface area (TPSA) is 74.8 Å². The van der Waals surface area contributed by atoms with Gasteiger partial charge in [0, 0.05) is 11.4 Å². The van der Waals surface area contributed by atoms with E-state index in [9.17, 15) is 22.8 Å². The standard InChI is InChI=1S/C18H14F3N3O2S/c19-18(20,21)11-6-2-1-4-9(11)8-22-16(26)14-23-15(25)13-10-5-3-7-12(10)27-17(13)24-14/h1-2,4,6H,3,5,7-8H2,(H,22,26)(H,23,24,25). The van der Waals surface area contributed by atoms with Crippen LogP contribution in [-0.2, 0) is 25.6 Å². The van der Waals surface area contributed by atoms with E-state index >= 15 is 0 Å². The molecule has 2 aromatic heterocycles. The predicted octanol–water partition coefficient (Wildman–Crippen LogP) is 3.42. The van der Waals surface area contributed by atoms with Crippen LogP contribution < -0.4 is 10.9 Å². The third-order valence-corrected chi connectivity index (χ3v) is 5.74. The second-order valence-corrected chi connectivity index (χ2v) is 7.37. The Hall–Kier alpha value is -2.68. The van der Waals surface area contributed by atoms with E-state index < -0.39 is 17.6 Å². The number of thiophene rings is 1. The van der Waals surface area contributed by atoms with Crippen LogP contribution in [0.2, 0.25) is 0 Å². The number of aromatic amines is 1. The van der Waals surface area contributed by atoms with Crippen LogP contribution in [-0.4, -0.2) is 15.9 Å². The van der Waals surface area contributed by atoms with Crippen molar-refractivity contribution in [3.05, 3.63) is 62.0 Å². The fraction of sp³-hybridized carbons (Fsp3) is 0.278. The molecule has 2 N–H and O–H groups in total. The van der Waals surface area contributed by atoms with E-state index in [1.165, 1.54) is 29.5 Å². The van der Waals surface area contributed by atoms with E-state index in [0.29, 0.717) is 10.2 Å². The highest BCUT2D eigenvalue weighted by molar-refractivity contribution is 7.18. The molecule has 3 aromatic rings. The smallest absolute Gasteiger partial charge is 0.345 e. The Kier molecular flexibility index (Phi) is 4.26.